The number of nitrogen functional groups attached to an aromatic ring is 1. The number of benzene rings is 1. The molecule has 0 radical (unpaired) electrons. The van der Waals surface area contributed by atoms with Crippen molar-refractivity contribution in [3.63, 3.8) is 0 Å². The maximum absolute atomic E-state index is 10.9. The van der Waals surface area contributed by atoms with Crippen molar-refractivity contribution in [1.82, 2.24) is 9.97 Å². The monoisotopic (exact) mass is 293 g/mol. The molecule has 2 unspecified atom stereocenters. The highest BCUT2D eigenvalue weighted by Crippen LogP contribution is 2.25. The molecule has 0 fully saturated rings. The highest BCUT2D eigenvalue weighted by atomic mass is 32.2. The number of rotatable bonds is 4. The van der Waals surface area contributed by atoms with Gasteiger partial charge in [0.2, 0.25) is 0 Å². The third-order valence-corrected chi connectivity index (χ3v) is 3.77. The lowest BCUT2D eigenvalue weighted by molar-refractivity contribution is -0.109. The maximum atomic E-state index is 10.9. The summed E-state index contributed by atoms with van der Waals surface area (Å²) in [6.07, 6.45) is -0.760. The summed E-state index contributed by atoms with van der Waals surface area (Å²) in [6.45, 7) is 1.41. The van der Waals surface area contributed by atoms with Crippen LogP contribution in [0.3, 0.4) is 0 Å². The van der Waals surface area contributed by atoms with Crippen LogP contribution in [0.4, 0.5) is 5.82 Å². The zero-order valence-corrected chi connectivity index (χ0v) is 11.7. The highest BCUT2D eigenvalue weighted by Gasteiger charge is 2.19. The van der Waals surface area contributed by atoms with E-state index in [4.69, 9.17) is 5.73 Å². The number of carbonyl (C=O) groups excluding carboxylic acids is 1. The molecule has 0 saturated carbocycles. The molecule has 2 rings (SSSR count). The highest BCUT2D eigenvalue weighted by molar-refractivity contribution is 8.13. The summed E-state index contributed by atoms with van der Waals surface area (Å²) in [7, 11) is 0. The van der Waals surface area contributed by atoms with Crippen LogP contribution in [0.5, 0.6) is 0 Å². The lowest BCUT2D eigenvalue weighted by atomic mass is 10.0. The van der Waals surface area contributed by atoms with E-state index in [0.29, 0.717) is 22.3 Å². The van der Waals surface area contributed by atoms with E-state index in [9.17, 15) is 15.0 Å². The summed E-state index contributed by atoms with van der Waals surface area (Å²) in [5.74, 6) is 0.451. The second-order valence-corrected chi connectivity index (χ2v) is 5.55. The summed E-state index contributed by atoms with van der Waals surface area (Å²) in [4.78, 5) is 18.8. The molecule has 0 aliphatic heterocycles. The Hall–Kier alpha value is -1.70. The molecule has 4 N–H and O–H groups in total. The molecule has 7 heteroatoms. The van der Waals surface area contributed by atoms with Crippen LogP contribution in [0.2, 0.25) is 0 Å². The second-order valence-electron chi connectivity index (χ2n) is 4.35. The van der Waals surface area contributed by atoms with Crippen LogP contribution in [0.25, 0.3) is 10.9 Å². The molecule has 6 nitrogen and oxygen atoms in total. The average molecular weight is 293 g/mol. The van der Waals surface area contributed by atoms with Crippen molar-refractivity contribution >= 4 is 33.6 Å². The lowest BCUT2D eigenvalue weighted by Gasteiger charge is -2.17. The summed E-state index contributed by atoms with van der Waals surface area (Å²) in [5, 5.41) is 20.5. The Labute approximate surface area is 120 Å². The topological polar surface area (TPSA) is 109 Å². The van der Waals surface area contributed by atoms with Gasteiger partial charge in [-0.15, -0.1) is 0 Å². The normalized spacial score (nSPS) is 14.2. The Morgan fingerprint density at radius 1 is 1.40 bits per heavy atom. The fourth-order valence-electron chi connectivity index (χ4n) is 1.79. The predicted molar refractivity (Wildman–Crippen MR) is 78.1 cm³/mol. The molecule has 20 heavy (non-hydrogen) atoms. The van der Waals surface area contributed by atoms with Gasteiger partial charge in [0.25, 0.3) is 0 Å². The zero-order chi connectivity index (χ0) is 14.7. The van der Waals surface area contributed by atoms with E-state index in [1.807, 2.05) is 0 Å². The molecule has 0 saturated heterocycles. The van der Waals surface area contributed by atoms with Gasteiger partial charge < -0.3 is 15.9 Å². The van der Waals surface area contributed by atoms with E-state index in [-0.39, 0.29) is 10.9 Å². The van der Waals surface area contributed by atoms with Gasteiger partial charge in [-0.25, -0.2) is 9.97 Å². The number of nitrogens with two attached hydrogens (primary N) is 1. The molecular formula is C13H15N3O3S. The summed E-state index contributed by atoms with van der Waals surface area (Å²) >= 11 is 0.971. The van der Waals surface area contributed by atoms with Gasteiger partial charge in [0.05, 0.1) is 11.6 Å². The van der Waals surface area contributed by atoms with Crippen molar-refractivity contribution in [2.45, 2.75) is 19.1 Å². The Morgan fingerprint density at radius 2 is 2.15 bits per heavy atom. The van der Waals surface area contributed by atoms with E-state index in [1.165, 1.54) is 13.3 Å². The summed E-state index contributed by atoms with van der Waals surface area (Å²) < 4.78 is 0. The zero-order valence-electron chi connectivity index (χ0n) is 10.9. The molecule has 0 amide bonds. The van der Waals surface area contributed by atoms with Crippen molar-refractivity contribution in [3.05, 3.63) is 30.1 Å². The van der Waals surface area contributed by atoms with Crippen LogP contribution in [0.1, 0.15) is 18.6 Å². The van der Waals surface area contributed by atoms with Crippen LogP contribution in [0.15, 0.2) is 24.5 Å². The van der Waals surface area contributed by atoms with Gasteiger partial charge >= 0.3 is 0 Å². The SMILES string of the molecule is CC(=O)SCC(O)C(O)c1ccc2ncnc(N)c2c1. The number of hydrogen-bond donors (Lipinski definition) is 3. The second kappa shape index (κ2) is 6.17. The molecule has 0 aliphatic carbocycles. The maximum Gasteiger partial charge on any atom is 0.185 e. The van der Waals surface area contributed by atoms with Crippen molar-refractivity contribution in [2.24, 2.45) is 0 Å². The van der Waals surface area contributed by atoms with E-state index >= 15 is 0 Å². The molecule has 1 aromatic carbocycles. The van der Waals surface area contributed by atoms with Gasteiger partial charge in [0.1, 0.15) is 18.2 Å². The fraction of sp³-hybridized carbons (Fsp3) is 0.308. The van der Waals surface area contributed by atoms with E-state index < -0.39 is 12.2 Å². The van der Waals surface area contributed by atoms with Gasteiger partial charge in [-0.3, -0.25) is 4.79 Å². The number of hydrogen-bond acceptors (Lipinski definition) is 7. The van der Waals surface area contributed by atoms with Crippen LogP contribution < -0.4 is 5.73 Å². The van der Waals surface area contributed by atoms with Crippen molar-refractivity contribution in [2.75, 3.05) is 11.5 Å². The molecule has 1 heterocycles. The Kier molecular flexibility index (Phi) is 4.53. The van der Waals surface area contributed by atoms with Crippen LogP contribution in [0, 0.1) is 0 Å². The quantitative estimate of drug-likeness (QED) is 0.767. The minimum atomic E-state index is -1.09. The first-order chi connectivity index (χ1) is 9.49. The van der Waals surface area contributed by atoms with Crippen LogP contribution in [-0.2, 0) is 4.79 Å². The van der Waals surface area contributed by atoms with Gasteiger partial charge in [-0.1, -0.05) is 17.8 Å². The number of thioether (sulfide) groups is 1. The number of anilines is 1. The number of aliphatic hydroxyl groups is 2. The molecule has 0 spiro atoms. The fourth-order valence-corrected chi connectivity index (χ4v) is 2.38. The molecule has 1 aromatic heterocycles. The average Bonchev–Trinajstić information content (AvgIpc) is 2.44. The molecule has 0 bridgehead atoms. The van der Waals surface area contributed by atoms with Gasteiger partial charge in [0, 0.05) is 18.1 Å². The van der Waals surface area contributed by atoms with Crippen LogP contribution in [-0.4, -0.2) is 37.2 Å². The van der Waals surface area contributed by atoms with Crippen molar-refractivity contribution in [1.29, 1.82) is 0 Å². The first-order valence-corrected chi connectivity index (χ1v) is 6.97. The largest absolute Gasteiger partial charge is 0.389 e. The Bertz CT molecular complexity index is 635. The third kappa shape index (κ3) is 3.24. The minimum absolute atomic E-state index is 0.104. The van der Waals surface area contributed by atoms with Crippen molar-refractivity contribution in [3.8, 4) is 0 Å². The molecular weight excluding hydrogens is 278 g/mol. The van der Waals surface area contributed by atoms with Gasteiger partial charge in [-0.05, 0) is 17.7 Å². The third-order valence-electron chi connectivity index (χ3n) is 2.85. The summed E-state index contributed by atoms with van der Waals surface area (Å²) in [6, 6.07) is 5.02. The molecule has 106 valence electrons. The summed E-state index contributed by atoms with van der Waals surface area (Å²) in [5.41, 5.74) is 6.93. The molecule has 2 atom stereocenters. The smallest absolute Gasteiger partial charge is 0.185 e. The van der Waals surface area contributed by atoms with Gasteiger partial charge in [-0.2, -0.15) is 0 Å². The predicted octanol–water partition coefficient (Wildman–Crippen LogP) is 0.886. The van der Waals surface area contributed by atoms with Crippen LogP contribution >= 0.6 is 11.8 Å². The van der Waals surface area contributed by atoms with Crippen molar-refractivity contribution < 1.29 is 15.0 Å². The van der Waals surface area contributed by atoms with E-state index in [2.05, 4.69) is 9.97 Å². The number of aliphatic hydroxyl groups excluding tert-OH is 2. The standard InChI is InChI=1S/C13H15N3O3S/c1-7(17)20-5-11(18)12(19)8-2-3-10-9(4-8)13(14)16-6-15-10/h2-4,6,11-12,18-19H,5H2,1H3,(H2,14,15,16). The Morgan fingerprint density at radius 3 is 2.85 bits per heavy atom. The minimum Gasteiger partial charge on any atom is -0.389 e. The first-order valence-electron chi connectivity index (χ1n) is 5.98. The molecule has 0 aliphatic rings. The lowest BCUT2D eigenvalue weighted by Crippen LogP contribution is -2.21. The number of aromatic nitrogens is 2. The molecule has 2 aromatic rings. The van der Waals surface area contributed by atoms with Gasteiger partial charge in [0.15, 0.2) is 5.12 Å². The Balaban J connectivity index is 2.23. The van der Waals surface area contributed by atoms with E-state index in [0.717, 1.165) is 11.8 Å². The van der Waals surface area contributed by atoms with E-state index in [1.54, 1.807) is 18.2 Å². The number of carbonyl (C=O) groups is 1. The number of fused-ring (bicyclic) bond motifs is 1. The first kappa shape index (κ1) is 14.7. The number of nitrogens with zero attached hydrogens (tertiary/aromatic N) is 2.